The van der Waals surface area contributed by atoms with Crippen LogP contribution in [0.5, 0.6) is 0 Å². The van der Waals surface area contributed by atoms with E-state index in [0.717, 1.165) is 20.4 Å². The number of halogens is 1. The second-order valence-electron chi connectivity index (χ2n) is 9.37. The molecule has 0 aliphatic carbocycles. The summed E-state index contributed by atoms with van der Waals surface area (Å²) < 4.78 is 3.12. The number of carbonyl (C=O) groups is 2. The van der Waals surface area contributed by atoms with Gasteiger partial charge in [-0.25, -0.2) is 0 Å². The molecule has 0 aliphatic heterocycles. The minimum absolute atomic E-state index is 0.0940. The number of thioether (sulfide) groups is 1. The summed E-state index contributed by atoms with van der Waals surface area (Å²) in [5.74, 6) is 1.07. The van der Waals surface area contributed by atoms with E-state index in [1.165, 1.54) is 11.8 Å². The molecule has 9 heteroatoms. The zero-order chi connectivity index (χ0) is 26.4. The lowest BCUT2D eigenvalue weighted by molar-refractivity contribution is -0.113. The van der Waals surface area contributed by atoms with Gasteiger partial charge in [-0.15, -0.1) is 10.2 Å². The number of hydrogen-bond acceptors (Lipinski definition) is 5. The molecule has 0 bridgehead atoms. The molecule has 2 N–H and O–H groups in total. The van der Waals surface area contributed by atoms with Gasteiger partial charge in [-0.2, -0.15) is 0 Å². The average Bonchev–Trinajstić information content (AvgIpc) is 3.24. The zero-order valence-corrected chi connectivity index (χ0v) is 24.6. The van der Waals surface area contributed by atoms with E-state index < -0.39 is 0 Å². The van der Waals surface area contributed by atoms with Gasteiger partial charge in [0.1, 0.15) is 0 Å². The van der Waals surface area contributed by atoms with Crippen LogP contribution in [0.15, 0.2) is 47.6 Å². The number of rotatable bonds is 10. The van der Waals surface area contributed by atoms with Crippen LogP contribution in [0.4, 0.5) is 5.69 Å². The van der Waals surface area contributed by atoms with Crippen LogP contribution >= 0.6 is 34.4 Å². The van der Waals surface area contributed by atoms with E-state index >= 15 is 0 Å². The van der Waals surface area contributed by atoms with Crippen molar-refractivity contribution in [2.45, 2.75) is 65.2 Å². The molecule has 0 saturated heterocycles. The lowest BCUT2D eigenvalue weighted by Gasteiger charge is -2.22. The van der Waals surface area contributed by atoms with Crippen molar-refractivity contribution in [1.82, 2.24) is 20.1 Å². The van der Waals surface area contributed by atoms with Gasteiger partial charge in [-0.05, 0) is 84.2 Å². The molecule has 0 aliphatic rings. The van der Waals surface area contributed by atoms with Gasteiger partial charge in [0, 0.05) is 21.4 Å². The maximum absolute atomic E-state index is 12.9. The van der Waals surface area contributed by atoms with Gasteiger partial charge in [0.25, 0.3) is 5.91 Å². The molecule has 1 heterocycles. The fourth-order valence-electron chi connectivity index (χ4n) is 3.92. The molecule has 0 saturated carbocycles. The smallest absolute Gasteiger partial charge is 0.251 e. The average molecular weight is 620 g/mol. The van der Waals surface area contributed by atoms with Gasteiger partial charge < -0.3 is 15.2 Å². The van der Waals surface area contributed by atoms with Gasteiger partial charge >= 0.3 is 0 Å². The second-order valence-corrected chi connectivity index (χ2v) is 11.6. The van der Waals surface area contributed by atoms with E-state index in [1.807, 2.05) is 68.7 Å². The molecule has 1 aromatic heterocycles. The third kappa shape index (κ3) is 7.09. The van der Waals surface area contributed by atoms with E-state index in [4.69, 9.17) is 0 Å². The van der Waals surface area contributed by atoms with Gasteiger partial charge in [0.15, 0.2) is 11.0 Å². The monoisotopic (exact) mass is 619 g/mol. The molecule has 0 unspecified atom stereocenters. The van der Waals surface area contributed by atoms with Crippen molar-refractivity contribution in [3.8, 4) is 0 Å². The van der Waals surface area contributed by atoms with Gasteiger partial charge in [-0.3, -0.25) is 9.59 Å². The van der Waals surface area contributed by atoms with E-state index in [1.54, 1.807) is 0 Å². The van der Waals surface area contributed by atoms with Gasteiger partial charge in [-0.1, -0.05) is 57.2 Å². The first kappa shape index (κ1) is 28.2. The molecular formula is C27H34IN5O2S. The van der Waals surface area contributed by atoms with Gasteiger partial charge in [0.2, 0.25) is 5.91 Å². The van der Waals surface area contributed by atoms with Crippen LogP contribution < -0.4 is 10.6 Å². The highest BCUT2D eigenvalue weighted by atomic mass is 127. The number of carbonyl (C=O) groups excluding carboxylic acids is 2. The molecule has 0 spiro atoms. The van der Waals surface area contributed by atoms with Crippen molar-refractivity contribution in [2.75, 3.05) is 11.1 Å². The Hall–Kier alpha value is -2.40. The summed E-state index contributed by atoms with van der Waals surface area (Å²) >= 11 is 3.63. The number of nitrogens with one attached hydrogen (secondary N) is 2. The van der Waals surface area contributed by atoms with Crippen molar-refractivity contribution in [2.24, 2.45) is 5.92 Å². The number of aromatic nitrogens is 3. The topological polar surface area (TPSA) is 88.9 Å². The van der Waals surface area contributed by atoms with Crippen molar-refractivity contribution >= 4 is 51.9 Å². The Morgan fingerprint density at radius 3 is 2.47 bits per heavy atom. The highest BCUT2D eigenvalue weighted by Crippen LogP contribution is 2.28. The SMILES string of the molecule is CCn1c(SCC(=O)Nc2ccc(I)cc2C(C)C)nnc1[C@@H](NC(=O)c1cccc(C)c1)C(C)C. The Bertz CT molecular complexity index is 1220. The van der Waals surface area contributed by atoms with Crippen LogP contribution in [0.3, 0.4) is 0 Å². The van der Waals surface area contributed by atoms with Crippen molar-refractivity contribution in [1.29, 1.82) is 0 Å². The van der Waals surface area contributed by atoms with Crippen molar-refractivity contribution in [3.05, 3.63) is 68.5 Å². The van der Waals surface area contributed by atoms with Crippen LogP contribution in [0.2, 0.25) is 0 Å². The maximum atomic E-state index is 12.9. The summed E-state index contributed by atoms with van der Waals surface area (Å²) in [6.07, 6.45) is 0. The van der Waals surface area contributed by atoms with Crippen LogP contribution in [0, 0.1) is 16.4 Å². The third-order valence-corrected chi connectivity index (χ3v) is 7.45. The fourth-order valence-corrected chi connectivity index (χ4v) is 5.24. The normalized spacial score (nSPS) is 12.1. The lowest BCUT2D eigenvalue weighted by Crippen LogP contribution is -2.33. The molecular weight excluding hydrogens is 585 g/mol. The molecule has 7 nitrogen and oxygen atoms in total. The van der Waals surface area contributed by atoms with Gasteiger partial charge in [0.05, 0.1) is 11.8 Å². The standard InChI is InChI=1S/C27H34IN5O2S/c1-7-33-25(24(17(4)5)30-26(35)19-10-8-9-18(6)13-19)31-32-27(33)36-15-23(34)29-22-12-11-20(28)14-21(22)16(2)3/h8-14,16-17,24H,7,15H2,1-6H3,(H,29,34)(H,30,35)/t24-/m0/s1. The third-order valence-electron chi connectivity index (χ3n) is 5.82. The summed E-state index contributed by atoms with van der Waals surface area (Å²) in [5.41, 5.74) is 3.60. The minimum atomic E-state index is -0.311. The number of aryl methyl sites for hydroxylation is 1. The summed E-state index contributed by atoms with van der Waals surface area (Å²) in [7, 11) is 0. The summed E-state index contributed by atoms with van der Waals surface area (Å²) in [4.78, 5) is 25.7. The summed E-state index contributed by atoms with van der Waals surface area (Å²) in [6.45, 7) is 12.9. The molecule has 3 rings (SSSR count). The molecule has 0 radical (unpaired) electrons. The minimum Gasteiger partial charge on any atom is -0.342 e. The number of hydrogen-bond donors (Lipinski definition) is 2. The molecule has 0 fully saturated rings. The number of nitrogens with zero attached hydrogens (tertiary/aromatic N) is 3. The Balaban J connectivity index is 1.73. The fraction of sp³-hybridized carbons (Fsp3) is 0.407. The second kappa shape index (κ2) is 12.7. The zero-order valence-electron chi connectivity index (χ0n) is 21.6. The number of amides is 2. The summed E-state index contributed by atoms with van der Waals surface area (Å²) in [5, 5.41) is 15.6. The first-order valence-corrected chi connectivity index (χ1v) is 14.2. The van der Waals surface area contributed by atoms with E-state index in [9.17, 15) is 9.59 Å². The predicted octanol–water partition coefficient (Wildman–Crippen LogP) is 6.19. The van der Waals surface area contributed by atoms with Crippen LogP contribution in [-0.2, 0) is 11.3 Å². The number of anilines is 1. The first-order valence-electron chi connectivity index (χ1n) is 12.1. The predicted molar refractivity (Wildman–Crippen MR) is 155 cm³/mol. The molecule has 2 amide bonds. The number of benzene rings is 2. The highest BCUT2D eigenvalue weighted by Gasteiger charge is 2.26. The Kier molecular flexibility index (Phi) is 9.95. The van der Waals surface area contributed by atoms with Crippen LogP contribution in [0.1, 0.15) is 73.9 Å². The molecule has 3 aromatic rings. The highest BCUT2D eigenvalue weighted by molar-refractivity contribution is 14.1. The Morgan fingerprint density at radius 1 is 1.08 bits per heavy atom. The van der Waals surface area contributed by atoms with E-state index in [-0.39, 0.29) is 29.5 Å². The summed E-state index contributed by atoms with van der Waals surface area (Å²) in [6, 6.07) is 13.3. The quantitative estimate of drug-likeness (QED) is 0.209. The van der Waals surface area contributed by atoms with Crippen molar-refractivity contribution in [3.63, 3.8) is 0 Å². The maximum Gasteiger partial charge on any atom is 0.251 e. The van der Waals surface area contributed by atoms with E-state index in [0.29, 0.717) is 29.0 Å². The van der Waals surface area contributed by atoms with Crippen molar-refractivity contribution < 1.29 is 9.59 Å². The van der Waals surface area contributed by atoms with E-state index in [2.05, 4.69) is 63.3 Å². The first-order chi connectivity index (χ1) is 17.1. The Labute approximate surface area is 231 Å². The largest absolute Gasteiger partial charge is 0.342 e. The molecule has 36 heavy (non-hydrogen) atoms. The van der Waals surface area contributed by atoms with Crippen LogP contribution in [0.25, 0.3) is 0 Å². The van der Waals surface area contributed by atoms with Crippen LogP contribution in [-0.4, -0.2) is 32.3 Å². The lowest BCUT2D eigenvalue weighted by atomic mass is 10.0. The Morgan fingerprint density at radius 2 is 1.83 bits per heavy atom. The molecule has 192 valence electrons. The molecule has 2 aromatic carbocycles. The molecule has 1 atom stereocenters.